The molecule has 19 heavy (non-hydrogen) atoms. The van der Waals surface area contributed by atoms with Gasteiger partial charge >= 0.3 is 0 Å². The molecule has 0 bridgehead atoms. The van der Waals surface area contributed by atoms with Crippen molar-refractivity contribution in [2.75, 3.05) is 5.43 Å². The van der Waals surface area contributed by atoms with Crippen LogP contribution in [0.4, 0.5) is 5.95 Å². The first kappa shape index (κ1) is 12.1. The SMILES string of the molecule is Cc1nn(-c2nc(NN)nc3sccc23)c(C)c1C. The molecule has 3 aromatic rings. The number of hydrogen-bond donors (Lipinski definition) is 2. The minimum absolute atomic E-state index is 0.398. The van der Waals surface area contributed by atoms with Gasteiger partial charge in [-0.15, -0.1) is 11.3 Å². The Bertz CT molecular complexity index is 757. The third-order valence-corrected chi connectivity index (χ3v) is 4.09. The van der Waals surface area contributed by atoms with Crippen LogP contribution in [0.2, 0.25) is 0 Å². The van der Waals surface area contributed by atoms with Crippen molar-refractivity contribution in [1.29, 1.82) is 0 Å². The topological polar surface area (TPSA) is 81.7 Å². The summed E-state index contributed by atoms with van der Waals surface area (Å²) >= 11 is 1.55. The quantitative estimate of drug-likeness (QED) is 0.552. The van der Waals surface area contributed by atoms with Gasteiger partial charge in [-0.05, 0) is 37.8 Å². The highest BCUT2D eigenvalue weighted by atomic mass is 32.1. The first-order valence-electron chi connectivity index (χ1n) is 5.87. The van der Waals surface area contributed by atoms with Gasteiger partial charge < -0.3 is 0 Å². The zero-order valence-corrected chi connectivity index (χ0v) is 11.7. The lowest BCUT2D eigenvalue weighted by atomic mass is 10.2. The Labute approximate surface area is 114 Å². The molecule has 0 amide bonds. The molecule has 0 aliphatic carbocycles. The van der Waals surface area contributed by atoms with Crippen LogP contribution >= 0.6 is 11.3 Å². The van der Waals surface area contributed by atoms with Crippen molar-refractivity contribution in [3.8, 4) is 5.82 Å². The van der Waals surface area contributed by atoms with Gasteiger partial charge in [-0.25, -0.2) is 15.5 Å². The van der Waals surface area contributed by atoms with Crippen molar-refractivity contribution in [2.24, 2.45) is 5.84 Å². The van der Waals surface area contributed by atoms with Gasteiger partial charge in [-0.2, -0.15) is 10.1 Å². The normalized spacial score (nSPS) is 11.2. The number of anilines is 1. The fraction of sp³-hybridized carbons (Fsp3) is 0.250. The van der Waals surface area contributed by atoms with E-state index < -0.39 is 0 Å². The zero-order chi connectivity index (χ0) is 13.6. The van der Waals surface area contributed by atoms with Gasteiger partial charge in [0.1, 0.15) is 4.83 Å². The van der Waals surface area contributed by atoms with Crippen molar-refractivity contribution in [3.05, 3.63) is 28.4 Å². The van der Waals surface area contributed by atoms with Crippen LogP contribution in [0.5, 0.6) is 0 Å². The van der Waals surface area contributed by atoms with Gasteiger partial charge in [0.15, 0.2) is 5.82 Å². The molecule has 0 radical (unpaired) electrons. The molecule has 0 saturated heterocycles. The van der Waals surface area contributed by atoms with Gasteiger partial charge in [-0.3, -0.25) is 5.43 Å². The molecule has 0 saturated carbocycles. The minimum Gasteiger partial charge on any atom is -0.292 e. The van der Waals surface area contributed by atoms with E-state index in [9.17, 15) is 0 Å². The summed E-state index contributed by atoms with van der Waals surface area (Å²) in [6.07, 6.45) is 0. The maximum absolute atomic E-state index is 5.43. The fourth-order valence-corrected chi connectivity index (χ4v) is 2.75. The van der Waals surface area contributed by atoms with E-state index in [0.29, 0.717) is 5.95 Å². The van der Waals surface area contributed by atoms with Crippen LogP contribution in [-0.2, 0) is 0 Å². The molecule has 3 N–H and O–H groups in total. The van der Waals surface area contributed by atoms with Crippen LogP contribution in [0.15, 0.2) is 11.4 Å². The first-order chi connectivity index (χ1) is 9.11. The van der Waals surface area contributed by atoms with Gasteiger partial charge in [0.2, 0.25) is 5.95 Å². The van der Waals surface area contributed by atoms with Crippen LogP contribution in [0.1, 0.15) is 17.0 Å². The Balaban J connectivity index is 2.34. The summed E-state index contributed by atoms with van der Waals surface area (Å²) in [7, 11) is 0. The van der Waals surface area contributed by atoms with Gasteiger partial charge in [0, 0.05) is 5.69 Å². The average molecular weight is 274 g/mol. The maximum atomic E-state index is 5.43. The summed E-state index contributed by atoms with van der Waals surface area (Å²) in [6.45, 7) is 6.08. The highest BCUT2D eigenvalue weighted by Gasteiger charge is 2.15. The average Bonchev–Trinajstić information content (AvgIpc) is 2.98. The van der Waals surface area contributed by atoms with E-state index in [0.717, 1.165) is 27.4 Å². The molecular formula is C12H14N6S. The molecule has 3 aromatic heterocycles. The first-order valence-corrected chi connectivity index (χ1v) is 6.75. The molecule has 0 fully saturated rings. The monoisotopic (exact) mass is 274 g/mol. The zero-order valence-electron chi connectivity index (χ0n) is 10.9. The fourth-order valence-electron chi connectivity index (χ4n) is 1.99. The van der Waals surface area contributed by atoms with Crippen LogP contribution in [0.25, 0.3) is 16.0 Å². The van der Waals surface area contributed by atoms with Gasteiger partial charge in [0.05, 0.1) is 11.1 Å². The summed E-state index contributed by atoms with van der Waals surface area (Å²) in [6, 6.07) is 2.00. The molecule has 0 unspecified atom stereocenters. The molecular weight excluding hydrogens is 260 g/mol. The molecule has 3 rings (SSSR count). The van der Waals surface area contributed by atoms with Crippen molar-refractivity contribution in [3.63, 3.8) is 0 Å². The van der Waals surface area contributed by atoms with Crippen molar-refractivity contribution >= 4 is 27.5 Å². The highest BCUT2D eigenvalue weighted by molar-refractivity contribution is 7.16. The number of aryl methyl sites for hydroxylation is 1. The minimum atomic E-state index is 0.398. The molecule has 3 heterocycles. The Morgan fingerprint density at radius 3 is 2.68 bits per heavy atom. The molecule has 98 valence electrons. The molecule has 0 aromatic carbocycles. The Hall–Kier alpha value is -1.99. The second-order valence-electron chi connectivity index (χ2n) is 4.36. The summed E-state index contributed by atoms with van der Waals surface area (Å²) in [5.41, 5.74) is 5.75. The van der Waals surface area contributed by atoms with Crippen LogP contribution in [0, 0.1) is 20.8 Å². The number of fused-ring (bicyclic) bond motifs is 1. The van der Waals surface area contributed by atoms with Gasteiger partial charge in [0.25, 0.3) is 0 Å². The largest absolute Gasteiger partial charge is 0.292 e. The molecule has 0 atom stereocenters. The maximum Gasteiger partial charge on any atom is 0.240 e. The molecule has 0 aliphatic heterocycles. The second kappa shape index (κ2) is 4.29. The third kappa shape index (κ3) is 1.78. The number of thiophene rings is 1. The summed E-state index contributed by atoms with van der Waals surface area (Å²) in [5.74, 6) is 6.59. The number of nitrogens with one attached hydrogen (secondary N) is 1. The van der Waals surface area contributed by atoms with E-state index in [-0.39, 0.29) is 0 Å². The van der Waals surface area contributed by atoms with Gasteiger partial charge in [-0.1, -0.05) is 0 Å². The van der Waals surface area contributed by atoms with E-state index in [1.807, 2.05) is 30.0 Å². The number of hydrogen-bond acceptors (Lipinski definition) is 6. The highest BCUT2D eigenvalue weighted by Crippen LogP contribution is 2.27. The van der Waals surface area contributed by atoms with Crippen molar-refractivity contribution in [1.82, 2.24) is 19.7 Å². The lowest BCUT2D eigenvalue weighted by molar-refractivity contribution is 0.811. The second-order valence-corrected chi connectivity index (χ2v) is 5.26. The number of aromatic nitrogens is 4. The van der Waals surface area contributed by atoms with Crippen molar-refractivity contribution < 1.29 is 0 Å². The number of hydrazine groups is 1. The number of nitrogen functional groups attached to an aromatic ring is 1. The summed E-state index contributed by atoms with van der Waals surface area (Å²) in [5, 5.41) is 7.52. The Morgan fingerprint density at radius 1 is 1.26 bits per heavy atom. The predicted molar refractivity (Wildman–Crippen MR) is 76.6 cm³/mol. The summed E-state index contributed by atoms with van der Waals surface area (Å²) in [4.78, 5) is 9.66. The Kier molecular flexibility index (Phi) is 2.72. The van der Waals surface area contributed by atoms with E-state index in [2.05, 4.69) is 27.4 Å². The van der Waals surface area contributed by atoms with Crippen LogP contribution < -0.4 is 11.3 Å². The summed E-state index contributed by atoms with van der Waals surface area (Å²) < 4.78 is 1.85. The predicted octanol–water partition coefficient (Wildman–Crippen LogP) is 2.09. The standard InChI is InChI=1S/C12H14N6S/c1-6-7(2)17-18(8(6)3)10-9-4-5-19-11(9)15-12(14-10)16-13/h4-5H,13H2,1-3H3,(H,14,15,16). The molecule has 0 spiro atoms. The molecule has 6 nitrogen and oxygen atoms in total. The number of rotatable bonds is 2. The number of nitrogens with zero attached hydrogens (tertiary/aromatic N) is 4. The number of nitrogens with two attached hydrogens (primary N) is 1. The lowest BCUT2D eigenvalue weighted by Gasteiger charge is -2.07. The van der Waals surface area contributed by atoms with E-state index in [1.165, 1.54) is 5.56 Å². The van der Waals surface area contributed by atoms with Crippen LogP contribution in [0.3, 0.4) is 0 Å². The smallest absolute Gasteiger partial charge is 0.240 e. The van der Waals surface area contributed by atoms with Crippen molar-refractivity contribution in [2.45, 2.75) is 20.8 Å². The Morgan fingerprint density at radius 2 is 2.05 bits per heavy atom. The lowest BCUT2D eigenvalue weighted by Crippen LogP contribution is -2.13. The van der Waals surface area contributed by atoms with E-state index in [4.69, 9.17) is 5.84 Å². The molecule has 7 heteroatoms. The van der Waals surface area contributed by atoms with E-state index >= 15 is 0 Å². The molecule has 0 aliphatic rings. The van der Waals surface area contributed by atoms with Crippen LogP contribution in [-0.4, -0.2) is 19.7 Å². The van der Waals surface area contributed by atoms with E-state index in [1.54, 1.807) is 11.3 Å². The third-order valence-electron chi connectivity index (χ3n) is 3.29.